The molecule has 5 aliphatic rings. The van der Waals surface area contributed by atoms with Crippen LogP contribution in [0, 0.1) is 5.92 Å². The van der Waals surface area contributed by atoms with Crippen molar-refractivity contribution < 1.29 is 54.7 Å². The monoisotopic (exact) mass is 907 g/mol. The van der Waals surface area contributed by atoms with E-state index in [9.17, 15) is 40.8 Å². The minimum absolute atomic E-state index is 0.0334. The fourth-order valence-corrected chi connectivity index (χ4v) is 10.0. The summed E-state index contributed by atoms with van der Waals surface area (Å²) in [6.07, 6.45) is 1.93. The minimum atomic E-state index is -4.57. The van der Waals surface area contributed by atoms with Crippen LogP contribution >= 0.6 is 0 Å². The van der Waals surface area contributed by atoms with Crippen molar-refractivity contribution in [3.8, 4) is 17.3 Å². The van der Waals surface area contributed by atoms with Gasteiger partial charge in [0.15, 0.2) is 5.82 Å². The maximum absolute atomic E-state index is 14.8. The van der Waals surface area contributed by atoms with Crippen LogP contribution in [0.3, 0.4) is 0 Å². The summed E-state index contributed by atoms with van der Waals surface area (Å²) in [4.78, 5) is 69.3. The molecule has 3 N–H and O–H groups in total. The van der Waals surface area contributed by atoms with Crippen molar-refractivity contribution >= 4 is 55.8 Å². The van der Waals surface area contributed by atoms with Gasteiger partial charge < -0.3 is 34.3 Å². The zero-order chi connectivity index (χ0) is 45.0. The van der Waals surface area contributed by atoms with Crippen LogP contribution in [0.15, 0.2) is 65.1 Å². The van der Waals surface area contributed by atoms with Crippen LogP contribution in [0.4, 0.5) is 18.0 Å². The number of benzene rings is 2. The predicted octanol–water partition coefficient (Wildman–Crippen LogP) is 5.21. The van der Waals surface area contributed by atoms with Gasteiger partial charge in [0.05, 0.1) is 30.1 Å². The summed E-state index contributed by atoms with van der Waals surface area (Å²) in [7, 11) is -4.07. The van der Waals surface area contributed by atoms with Gasteiger partial charge in [0.1, 0.15) is 34.8 Å². The standard InChI is InChI=1S/C44H48F3N7O9S/c1-42(17-18-42)64(59,60)52-40(57)43-24-28(43)9-5-3-2-4-6-11-31(48-41(58)53-19-21-61-22-20-53)39(56)54-25-29(23-32(54)37(55)51-43)62-38-35-34(30-10-7-8-12-33(30)63-35)49-36(50-38)26-13-15-27(16-14-26)44(45,46)47/h5,7-10,12-16,28-29,31-32H,2-4,6,11,17-25H2,1H3,(H,48,58)(H,51,55)(H,52,57)/b9-5-/t28-,29-,31+,32+,43-/m1/s1. The lowest BCUT2D eigenvalue weighted by molar-refractivity contribution is -0.141. The summed E-state index contributed by atoms with van der Waals surface area (Å²) >= 11 is 0. The van der Waals surface area contributed by atoms with Gasteiger partial charge in [-0.15, -0.1) is 0 Å². The molecular weight excluding hydrogens is 860 g/mol. The Morgan fingerprint density at radius 2 is 1.75 bits per heavy atom. The lowest BCUT2D eigenvalue weighted by Gasteiger charge is -2.32. The molecule has 4 fully saturated rings. The average molecular weight is 908 g/mol. The van der Waals surface area contributed by atoms with Crippen LogP contribution < -0.4 is 20.1 Å². The Morgan fingerprint density at radius 1 is 1.00 bits per heavy atom. The lowest BCUT2D eigenvalue weighted by atomic mass is 10.0. The smallest absolute Gasteiger partial charge is 0.416 e. The molecule has 64 heavy (non-hydrogen) atoms. The highest BCUT2D eigenvalue weighted by Gasteiger charge is 2.63. The maximum atomic E-state index is 14.8. The van der Waals surface area contributed by atoms with E-state index in [1.54, 1.807) is 36.1 Å². The van der Waals surface area contributed by atoms with E-state index in [2.05, 4.69) is 25.3 Å². The fourth-order valence-electron chi connectivity index (χ4n) is 8.69. The third-order valence-corrected chi connectivity index (χ3v) is 15.2. The minimum Gasteiger partial charge on any atom is -0.470 e. The Kier molecular flexibility index (Phi) is 11.3. The van der Waals surface area contributed by atoms with Crippen LogP contribution in [-0.2, 0) is 35.3 Å². The number of nitrogens with one attached hydrogen (secondary N) is 3. The fraction of sp³-hybridized carbons (Fsp3) is 0.500. The number of alkyl halides is 3. The molecule has 2 aromatic heterocycles. The number of carbonyl (C=O) groups excluding carboxylic acids is 4. The van der Waals surface area contributed by atoms with Crippen molar-refractivity contribution in [2.24, 2.45) is 5.92 Å². The van der Waals surface area contributed by atoms with Gasteiger partial charge in [-0.2, -0.15) is 18.2 Å². The molecule has 2 aliphatic carbocycles. The number of allylic oxidation sites excluding steroid dienone is 1. The maximum Gasteiger partial charge on any atom is 0.416 e. The number of urea groups is 1. The summed E-state index contributed by atoms with van der Waals surface area (Å²) in [5.41, 5.74) is -1.34. The van der Waals surface area contributed by atoms with Crippen molar-refractivity contribution in [3.05, 3.63) is 66.2 Å². The molecule has 5 atom stereocenters. The van der Waals surface area contributed by atoms with Crippen LogP contribution in [0.5, 0.6) is 5.88 Å². The Labute approximate surface area is 366 Å². The molecular formula is C44H48F3N7O9S. The van der Waals surface area contributed by atoms with Crippen LogP contribution in [0.1, 0.15) is 70.3 Å². The number of amides is 5. The first kappa shape index (κ1) is 43.5. The van der Waals surface area contributed by atoms with E-state index in [0.29, 0.717) is 74.9 Å². The number of halogens is 3. The average Bonchev–Trinajstić information content (AvgIpc) is 4.10. The summed E-state index contributed by atoms with van der Waals surface area (Å²) in [6.45, 7) is 2.70. The molecule has 3 aliphatic heterocycles. The van der Waals surface area contributed by atoms with Crippen LogP contribution in [0.25, 0.3) is 33.5 Å². The van der Waals surface area contributed by atoms with Crippen LogP contribution in [0.2, 0.25) is 0 Å². The summed E-state index contributed by atoms with van der Waals surface area (Å²) in [5, 5.41) is 6.35. The first-order chi connectivity index (χ1) is 30.5. The molecule has 16 nitrogen and oxygen atoms in total. The molecule has 5 heterocycles. The van der Waals surface area contributed by atoms with Gasteiger partial charge >= 0.3 is 12.2 Å². The van der Waals surface area contributed by atoms with E-state index in [-0.39, 0.29) is 48.7 Å². The molecule has 4 aromatic rings. The van der Waals surface area contributed by atoms with Gasteiger partial charge in [0.2, 0.25) is 27.4 Å². The molecule has 2 saturated carbocycles. The Hall–Kier alpha value is -5.76. The van der Waals surface area contributed by atoms with Crippen molar-refractivity contribution in [3.63, 3.8) is 0 Å². The number of para-hydroxylation sites is 1. The second-order valence-corrected chi connectivity index (χ2v) is 19.7. The summed E-state index contributed by atoms with van der Waals surface area (Å²) in [6, 6.07) is 8.57. The number of fused-ring (bicyclic) bond motifs is 5. The second kappa shape index (κ2) is 16.7. The largest absolute Gasteiger partial charge is 0.470 e. The number of morpholine rings is 1. The van der Waals surface area contributed by atoms with Crippen molar-refractivity contribution in [2.45, 2.75) is 99.4 Å². The van der Waals surface area contributed by atoms with E-state index < -0.39 is 79.9 Å². The first-order valence-corrected chi connectivity index (χ1v) is 23.1. The van der Waals surface area contributed by atoms with E-state index in [1.807, 2.05) is 12.2 Å². The summed E-state index contributed by atoms with van der Waals surface area (Å²) in [5.74, 6) is -2.72. The Morgan fingerprint density at radius 3 is 2.48 bits per heavy atom. The third kappa shape index (κ3) is 8.48. The molecule has 0 radical (unpaired) electrons. The van der Waals surface area contributed by atoms with Crippen molar-refractivity contribution in [2.75, 3.05) is 32.8 Å². The van der Waals surface area contributed by atoms with Gasteiger partial charge in [0, 0.05) is 36.4 Å². The van der Waals surface area contributed by atoms with Gasteiger partial charge in [-0.1, -0.05) is 49.3 Å². The molecule has 20 heteroatoms. The van der Waals surface area contributed by atoms with Gasteiger partial charge in [-0.3, -0.25) is 19.1 Å². The number of aromatic nitrogens is 2. The highest BCUT2D eigenvalue weighted by Crippen LogP contribution is 2.48. The van der Waals surface area contributed by atoms with E-state index >= 15 is 0 Å². The molecule has 2 saturated heterocycles. The normalized spacial score (nSPS) is 26.8. The number of hydrogen-bond acceptors (Lipinski definition) is 11. The van der Waals surface area contributed by atoms with Gasteiger partial charge in [-0.05, 0) is 69.7 Å². The number of carbonyl (C=O) groups is 4. The van der Waals surface area contributed by atoms with Crippen molar-refractivity contribution in [1.29, 1.82) is 0 Å². The van der Waals surface area contributed by atoms with Crippen LogP contribution in [-0.4, -0.2) is 113 Å². The highest BCUT2D eigenvalue weighted by molar-refractivity contribution is 7.91. The summed E-state index contributed by atoms with van der Waals surface area (Å²) < 4.78 is 86.3. The van der Waals surface area contributed by atoms with Gasteiger partial charge in [-0.25, -0.2) is 18.2 Å². The third-order valence-electron chi connectivity index (χ3n) is 13.0. The zero-order valence-corrected chi connectivity index (χ0v) is 35.8. The number of hydrogen-bond donors (Lipinski definition) is 3. The Bertz CT molecular complexity index is 2630. The predicted molar refractivity (Wildman–Crippen MR) is 225 cm³/mol. The number of rotatable bonds is 7. The Balaban J connectivity index is 1.06. The highest BCUT2D eigenvalue weighted by atomic mass is 32.2. The first-order valence-electron chi connectivity index (χ1n) is 21.6. The molecule has 5 amide bonds. The number of ether oxygens (including phenoxy) is 2. The zero-order valence-electron chi connectivity index (χ0n) is 35.0. The molecule has 2 aromatic carbocycles. The number of nitrogens with zero attached hydrogens (tertiary/aromatic N) is 4. The number of sulfonamides is 1. The SMILES string of the molecule is CC1(S(=O)(=O)NC(=O)[C@@]23C[C@H]2/C=C\CCCCC[C@H](NC(=O)N2CCOCC2)C(=O)N2C[C@H](Oc4nc(-c5ccc(C(F)(F)F)cc5)nc5c4oc4ccccc45)C[C@H]2C(=O)N3)CC1. The molecule has 340 valence electrons. The molecule has 9 rings (SSSR count). The van der Waals surface area contributed by atoms with E-state index in [1.165, 1.54) is 17.0 Å². The molecule has 0 bridgehead atoms. The van der Waals surface area contributed by atoms with Crippen molar-refractivity contribution in [1.82, 2.24) is 35.1 Å². The number of furan rings is 1. The van der Waals surface area contributed by atoms with E-state index in [4.69, 9.17) is 13.9 Å². The van der Waals surface area contributed by atoms with Gasteiger partial charge in [0.25, 0.3) is 11.8 Å². The second-order valence-electron chi connectivity index (χ2n) is 17.5. The quantitative estimate of drug-likeness (QED) is 0.206. The molecule has 0 spiro atoms. The van der Waals surface area contributed by atoms with E-state index in [0.717, 1.165) is 18.6 Å². The topological polar surface area (TPSA) is 202 Å². The lowest BCUT2D eigenvalue weighted by Crippen LogP contribution is -2.59. The molecule has 0 unspecified atom stereocenters.